The molecule has 0 aliphatic rings. The van der Waals surface area contributed by atoms with Crippen molar-refractivity contribution in [2.75, 3.05) is 0 Å². The van der Waals surface area contributed by atoms with Crippen molar-refractivity contribution in [2.24, 2.45) is 7.05 Å². The smallest absolute Gasteiger partial charge is 0.341 e. The van der Waals surface area contributed by atoms with Gasteiger partial charge in [0.15, 0.2) is 0 Å². The fraction of sp³-hybridized carbons (Fsp3) is 0.167. The number of carboxylic acid groups (broad SMARTS) is 1. The molecule has 1 aromatic carbocycles. The van der Waals surface area contributed by atoms with Crippen LogP contribution in [0, 0.1) is 6.92 Å². The Morgan fingerprint density at radius 2 is 2.06 bits per heavy atom. The maximum Gasteiger partial charge on any atom is 0.341 e. The van der Waals surface area contributed by atoms with Crippen molar-refractivity contribution in [3.63, 3.8) is 0 Å². The van der Waals surface area contributed by atoms with Crippen LogP contribution in [-0.2, 0) is 7.05 Å². The number of rotatable bonds is 1. The van der Waals surface area contributed by atoms with Gasteiger partial charge in [-0.05, 0) is 24.6 Å². The van der Waals surface area contributed by atoms with Gasteiger partial charge in [-0.3, -0.25) is 4.79 Å². The zero-order valence-corrected chi connectivity index (χ0v) is 10.1. The lowest BCUT2D eigenvalue weighted by Gasteiger charge is -2.10. The minimum Gasteiger partial charge on any atom is -0.477 e. The van der Waals surface area contributed by atoms with Crippen LogP contribution in [-0.4, -0.2) is 15.6 Å². The zero-order chi connectivity index (χ0) is 12.7. The predicted octanol–water partition coefficient (Wildman–Crippen LogP) is 2.20. The largest absolute Gasteiger partial charge is 0.477 e. The number of halogens is 1. The van der Waals surface area contributed by atoms with Gasteiger partial charge in [-0.2, -0.15) is 0 Å². The van der Waals surface area contributed by atoms with Crippen molar-refractivity contribution in [1.29, 1.82) is 0 Å². The standard InChI is InChI=1S/C12H10ClNO3/c1-6-8-4-3-7(13)5-9(8)14(2)11(15)10(6)12(16)17/h3-5H,1-2H3,(H,16,17). The SMILES string of the molecule is Cc1c(C(=O)O)c(=O)n(C)c2cc(Cl)ccc12. The van der Waals surface area contributed by atoms with Gasteiger partial charge in [0, 0.05) is 17.5 Å². The van der Waals surface area contributed by atoms with Crippen LogP contribution in [0.4, 0.5) is 0 Å². The van der Waals surface area contributed by atoms with Crippen molar-refractivity contribution in [3.8, 4) is 0 Å². The maximum atomic E-state index is 11.9. The summed E-state index contributed by atoms with van der Waals surface area (Å²) in [5, 5.41) is 10.3. The number of aryl methyl sites for hydroxylation is 2. The van der Waals surface area contributed by atoms with Crippen molar-refractivity contribution in [1.82, 2.24) is 4.57 Å². The minimum atomic E-state index is -1.21. The summed E-state index contributed by atoms with van der Waals surface area (Å²) in [6.07, 6.45) is 0. The average molecular weight is 252 g/mol. The molecule has 0 spiro atoms. The molecule has 1 N–H and O–H groups in total. The number of benzene rings is 1. The number of hydrogen-bond donors (Lipinski definition) is 1. The number of carboxylic acids is 1. The molecule has 0 aliphatic carbocycles. The van der Waals surface area contributed by atoms with Gasteiger partial charge < -0.3 is 9.67 Å². The van der Waals surface area contributed by atoms with E-state index in [-0.39, 0.29) is 5.56 Å². The van der Waals surface area contributed by atoms with Crippen molar-refractivity contribution >= 4 is 28.5 Å². The summed E-state index contributed by atoms with van der Waals surface area (Å²) in [5.74, 6) is -1.21. The summed E-state index contributed by atoms with van der Waals surface area (Å²) in [7, 11) is 1.53. The second-order valence-electron chi connectivity index (χ2n) is 3.83. The lowest BCUT2D eigenvalue weighted by Crippen LogP contribution is -2.26. The first-order valence-electron chi connectivity index (χ1n) is 4.95. The summed E-state index contributed by atoms with van der Waals surface area (Å²) in [4.78, 5) is 23.0. The summed E-state index contributed by atoms with van der Waals surface area (Å²) in [6, 6.07) is 5.04. The van der Waals surface area contributed by atoms with Crippen LogP contribution >= 0.6 is 11.6 Å². The third-order valence-corrected chi connectivity index (χ3v) is 3.07. The molecule has 88 valence electrons. The number of carbonyl (C=O) groups is 1. The number of aromatic carboxylic acids is 1. The summed E-state index contributed by atoms with van der Waals surface area (Å²) < 4.78 is 1.30. The third kappa shape index (κ3) is 1.70. The van der Waals surface area contributed by atoms with Crippen LogP contribution in [0.5, 0.6) is 0 Å². The molecule has 0 saturated carbocycles. The van der Waals surface area contributed by atoms with Gasteiger partial charge in [0.05, 0.1) is 5.52 Å². The van der Waals surface area contributed by atoms with Crippen molar-refractivity contribution in [3.05, 3.63) is 44.7 Å². The third-order valence-electron chi connectivity index (χ3n) is 2.83. The Kier molecular flexibility index (Phi) is 2.67. The van der Waals surface area contributed by atoms with E-state index >= 15 is 0 Å². The van der Waals surface area contributed by atoms with Crippen LogP contribution in [0.15, 0.2) is 23.0 Å². The maximum absolute atomic E-state index is 11.9. The summed E-state index contributed by atoms with van der Waals surface area (Å²) in [5.41, 5.74) is 0.379. The van der Waals surface area contributed by atoms with Crippen molar-refractivity contribution < 1.29 is 9.90 Å². The Labute approximate surface area is 102 Å². The van der Waals surface area contributed by atoms with Crippen LogP contribution < -0.4 is 5.56 Å². The van der Waals surface area contributed by atoms with Crippen LogP contribution in [0.3, 0.4) is 0 Å². The van der Waals surface area contributed by atoms with E-state index < -0.39 is 11.5 Å². The molecular weight excluding hydrogens is 242 g/mol. The minimum absolute atomic E-state index is 0.192. The van der Waals surface area contributed by atoms with E-state index in [1.54, 1.807) is 25.1 Å². The molecule has 2 aromatic rings. The van der Waals surface area contributed by atoms with E-state index in [4.69, 9.17) is 16.7 Å². The lowest BCUT2D eigenvalue weighted by molar-refractivity contribution is 0.0694. The van der Waals surface area contributed by atoms with Gasteiger partial charge in [-0.1, -0.05) is 17.7 Å². The second kappa shape index (κ2) is 3.89. The molecule has 0 aliphatic heterocycles. The van der Waals surface area contributed by atoms with E-state index in [1.807, 2.05) is 0 Å². The Hall–Kier alpha value is -1.81. The first kappa shape index (κ1) is 11.7. The Morgan fingerprint density at radius 3 is 2.65 bits per heavy atom. The molecule has 17 heavy (non-hydrogen) atoms. The number of fused-ring (bicyclic) bond motifs is 1. The molecule has 0 atom stereocenters. The highest BCUT2D eigenvalue weighted by atomic mass is 35.5. The normalized spacial score (nSPS) is 10.8. The predicted molar refractivity (Wildman–Crippen MR) is 65.9 cm³/mol. The number of nitrogens with zero attached hydrogens (tertiary/aromatic N) is 1. The van der Waals surface area contributed by atoms with Crippen molar-refractivity contribution in [2.45, 2.75) is 6.92 Å². The van der Waals surface area contributed by atoms with Crippen LogP contribution in [0.25, 0.3) is 10.9 Å². The number of aromatic nitrogens is 1. The molecule has 4 nitrogen and oxygen atoms in total. The molecule has 0 bridgehead atoms. The van der Waals surface area contributed by atoms with E-state index in [2.05, 4.69) is 0 Å². The molecule has 1 heterocycles. The average Bonchev–Trinajstić information content (AvgIpc) is 2.25. The quantitative estimate of drug-likeness (QED) is 0.845. The molecular formula is C12H10ClNO3. The van der Waals surface area contributed by atoms with Gasteiger partial charge in [0.2, 0.25) is 0 Å². The Balaban J connectivity index is 3.05. The zero-order valence-electron chi connectivity index (χ0n) is 9.32. The highest BCUT2D eigenvalue weighted by Crippen LogP contribution is 2.22. The molecule has 0 radical (unpaired) electrons. The van der Waals surface area contributed by atoms with Gasteiger partial charge >= 0.3 is 5.97 Å². The van der Waals surface area contributed by atoms with Gasteiger partial charge in [-0.15, -0.1) is 0 Å². The van der Waals surface area contributed by atoms with E-state index in [9.17, 15) is 9.59 Å². The topological polar surface area (TPSA) is 59.3 Å². The second-order valence-corrected chi connectivity index (χ2v) is 4.27. The summed E-state index contributed by atoms with van der Waals surface area (Å²) >= 11 is 5.87. The number of pyridine rings is 1. The molecule has 0 fully saturated rings. The molecule has 2 rings (SSSR count). The summed E-state index contributed by atoms with van der Waals surface area (Å²) in [6.45, 7) is 1.63. The monoisotopic (exact) mass is 251 g/mol. The van der Waals surface area contributed by atoms with Gasteiger partial charge in [0.25, 0.3) is 5.56 Å². The molecule has 0 saturated heterocycles. The van der Waals surface area contributed by atoms with E-state index in [0.29, 0.717) is 21.5 Å². The first-order valence-corrected chi connectivity index (χ1v) is 5.33. The lowest BCUT2D eigenvalue weighted by atomic mass is 10.0. The van der Waals surface area contributed by atoms with Gasteiger partial charge in [0.1, 0.15) is 5.56 Å². The van der Waals surface area contributed by atoms with Gasteiger partial charge in [-0.25, -0.2) is 4.79 Å². The Morgan fingerprint density at radius 1 is 1.41 bits per heavy atom. The first-order chi connectivity index (χ1) is 7.93. The molecule has 1 aromatic heterocycles. The fourth-order valence-corrected chi connectivity index (χ4v) is 2.09. The number of hydrogen-bond acceptors (Lipinski definition) is 2. The Bertz CT molecular complexity index is 688. The molecule has 0 amide bonds. The van der Waals surface area contributed by atoms with E-state index in [0.717, 1.165) is 0 Å². The fourth-order valence-electron chi connectivity index (χ4n) is 1.92. The molecule has 0 unspecified atom stereocenters. The van der Waals surface area contributed by atoms with E-state index in [1.165, 1.54) is 11.6 Å². The highest BCUT2D eigenvalue weighted by Gasteiger charge is 2.17. The molecule has 5 heteroatoms. The van der Waals surface area contributed by atoms with Crippen LogP contribution in [0.2, 0.25) is 5.02 Å². The van der Waals surface area contributed by atoms with Crippen LogP contribution in [0.1, 0.15) is 15.9 Å². The highest BCUT2D eigenvalue weighted by molar-refractivity contribution is 6.31.